The Balaban J connectivity index is 2.95. The van der Waals surface area contributed by atoms with Gasteiger partial charge in [0.05, 0.1) is 5.69 Å². The standard InChI is InChI=1S/C12H18ClFN2O2S/c1-12(2,3)4-5-16-19(17,18)10-7-8(13)6-9(15)11(10)14/h6-7,16H,4-5,15H2,1-3H3. The normalized spacial score (nSPS) is 12.7. The molecular formula is C12H18ClFN2O2S. The first-order chi connectivity index (χ1) is 8.53. The smallest absolute Gasteiger partial charge is 0.243 e. The summed E-state index contributed by atoms with van der Waals surface area (Å²) in [7, 11) is -3.95. The van der Waals surface area contributed by atoms with E-state index in [1.54, 1.807) is 0 Å². The van der Waals surface area contributed by atoms with E-state index in [0.29, 0.717) is 6.42 Å². The second kappa shape index (κ2) is 5.64. The van der Waals surface area contributed by atoms with Crippen molar-refractivity contribution in [1.82, 2.24) is 4.72 Å². The quantitative estimate of drug-likeness (QED) is 0.840. The molecule has 1 aromatic carbocycles. The molecule has 0 aromatic heterocycles. The van der Waals surface area contributed by atoms with E-state index in [1.165, 1.54) is 6.07 Å². The third kappa shape index (κ3) is 4.63. The predicted octanol–water partition coefficient (Wildman–Crippen LogP) is 2.78. The highest BCUT2D eigenvalue weighted by Gasteiger charge is 2.22. The topological polar surface area (TPSA) is 72.2 Å². The van der Waals surface area contributed by atoms with Crippen LogP contribution in [0.15, 0.2) is 17.0 Å². The van der Waals surface area contributed by atoms with Gasteiger partial charge in [-0.25, -0.2) is 17.5 Å². The lowest BCUT2D eigenvalue weighted by Crippen LogP contribution is -2.28. The summed E-state index contributed by atoms with van der Waals surface area (Å²) in [5.74, 6) is -0.979. The molecule has 0 amide bonds. The van der Waals surface area contributed by atoms with Crippen LogP contribution in [0.3, 0.4) is 0 Å². The summed E-state index contributed by atoms with van der Waals surface area (Å²) >= 11 is 5.70. The summed E-state index contributed by atoms with van der Waals surface area (Å²) in [4.78, 5) is -0.522. The molecule has 7 heteroatoms. The molecule has 4 nitrogen and oxygen atoms in total. The maximum atomic E-state index is 13.7. The third-order valence-electron chi connectivity index (χ3n) is 2.49. The lowest BCUT2D eigenvalue weighted by molar-refractivity contribution is 0.378. The Morgan fingerprint density at radius 3 is 2.47 bits per heavy atom. The highest BCUT2D eigenvalue weighted by Crippen LogP contribution is 2.25. The van der Waals surface area contributed by atoms with Gasteiger partial charge in [0, 0.05) is 11.6 Å². The minimum absolute atomic E-state index is 0.0194. The number of hydrogen-bond acceptors (Lipinski definition) is 3. The van der Waals surface area contributed by atoms with Gasteiger partial charge < -0.3 is 5.73 Å². The summed E-state index contributed by atoms with van der Waals surface area (Å²) < 4.78 is 40.0. The van der Waals surface area contributed by atoms with Gasteiger partial charge in [0.2, 0.25) is 10.0 Å². The monoisotopic (exact) mass is 308 g/mol. The number of nitrogens with two attached hydrogens (primary N) is 1. The number of benzene rings is 1. The van der Waals surface area contributed by atoms with E-state index < -0.39 is 20.7 Å². The van der Waals surface area contributed by atoms with Crippen LogP contribution in [-0.2, 0) is 10.0 Å². The van der Waals surface area contributed by atoms with E-state index in [9.17, 15) is 12.8 Å². The van der Waals surface area contributed by atoms with Crippen LogP contribution >= 0.6 is 11.6 Å². The van der Waals surface area contributed by atoms with Crippen LogP contribution in [0.4, 0.5) is 10.1 Å². The lowest BCUT2D eigenvalue weighted by atomic mass is 9.93. The van der Waals surface area contributed by atoms with E-state index in [4.69, 9.17) is 17.3 Å². The molecule has 0 spiro atoms. The van der Waals surface area contributed by atoms with E-state index in [1.807, 2.05) is 20.8 Å². The molecule has 3 N–H and O–H groups in total. The summed E-state index contributed by atoms with van der Waals surface area (Å²) in [6.07, 6.45) is 0.629. The number of nitrogen functional groups attached to an aromatic ring is 1. The van der Waals surface area contributed by atoms with Crippen molar-refractivity contribution in [1.29, 1.82) is 0 Å². The zero-order valence-electron chi connectivity index (χ0n) is 11.1. The molecule has 1 rings (SSSR count). The molecule has 1 aromatic rings. The van der Waals surface area contributed by atoms with Gasteiger partial charge >= 0.3 is 0 Å². The summed E-state index contributed by atoms with van der Waals surface area (Å²) in [6, 6.07) is 2.22. The average molecular weight is 309 g/mol. The fourth-order valence-electron chi connectivity index (χ4n) is 1.42. The highest BCUT2D eigenvalue weighted by molar-refractivity contribution is 7.89. The molecule has 0 aliphatic rings. The van der Waals surface area contributed by atoms with Crippen molar-refractivity contribution in [2.24, 2.45) is 5.41 Å². The Morgan fingerprint density at radius 2 is 1.95 bits per heavy atom. The molecular weight excluding hydrogens is 291 g/mol. The van der Waals surface area contributed by atoms with Crippen LogP contribution < -0.4 is 10.5 Å². The molecule has 0 heterocycles. The van der Waals surface area contributed by atoms with Crippen LogP contribution in [0.2, 0.25) is 5.02 Å². The SMILES string of the molecule is CC(C)(C)CCNS(=O)(=O)c1cc(Cl)cc(N)c1F. The first-order valence-electron chi connectivity index (χ1n) is 5.77. The van der Waals surface area contributed by atoms with E-state index in [0.717, 1.165) is 6.07 Å². The number of nitrogens with one attached hydrogen (secondary N) is 1. The van der Waals surface area contributed by atoms with E-state index >= 15 is 0 Å². The van der Waals surface area contributed by atoms with Gasteiger partial charge in [-0.1, -0.05) is 32.4 Å². The zero-order valence-corrected chi connectivity index (χ0v) is 12.7. The molecule has 0 radical (unpaired) electrons. The van der Waals surface area contributed by atoms with Crippen molar-refractivity contribution in [3.8, 4) is 0 Å². The van der Waals surface area contributed by atoms with Gasteiger partial charge in [-0.3, -0.25) is 0 Å². The average Bonchev–Trinajstić information content (AvgIpc) is 2.20. The Labute approximate surface area is 118 Å². The second-order valence-electron chi connectivity index (χ2n) is 5.52. The largest absolute Gasteiger partial charge is 0.396 e. The molecule has 0 unspecified atom stereocenters. The maximum absolute atomic E-state index is 13.7. The minimum atomic E-state index is -3.95. The zero-order chi connectivity index (χ0) is 14.8. The fraction of sp³-hybridized carbons (Fsp3) is 0.500. The number of anilines is 1. The van der Waals surface area contributed by atoms with Crippen LogP contribution in [0, 0.1) is 11.2 Å². The van der Waals surface area contributed by atoms with Gasteiger partial charge in [-0.15, -0.1) is 0 Å². The first-order valence-corrected chi connectivity index (χ1v) is 7.63. The van der Waals surface area contributed by atoms with Crippen molar-refractivity contribution >= 4 is 27.3 Å². The van der Waals surface area contributed by atoms with E-state index in [-0.39, 0.29) is 22.7 Å². The number of halogens is 2. The van der Waals surface area contributed by atoms with Crippen LogP contribution in [0.5, 0.6) is 0 Å². The predicted molar refractivity (Wildman–Crippen MR) is 75.1 cm³/mol. The molecule has 0 bridgehead atoms. The number of hydrogen-bond donors (Lipinski definition) is 2. The van der Waals surface area contributed by atoms with Gasteiger partial charge in [0.25, 0.3) is 0 Å². The Morgan fingerprint density at radius 1 is 1.37 bits per heavy atom. The van der Waals surface area contributed by atoms with Gasteiger partial charge in [0.15, 0.2) is 5.82 Å². The van der Waals surface area contributed by atoms with E-state index in [2.05, 4.69) is 4.72 Å². The molecule has 19 heavy (non-hydrogen) atoms. The lowest BCUT2D eigenvalue weighted by Gasteiger charge is -2.18. The molecule has 0 saturated carbocycles. The first kappa shape index (κ1) is 16.2. The molecule has 108 valence electrons. The van der Waals surface area contributed by atoms with Crippen molar-refractivity contribution in [2.75, 3.05) is 12.3 Å². The molecule has 0 fully saturated rings. The summed E-state index contributed by atoms with van der Waals surface area (Å²) in [5.41, 5.74) is 5.06. The Bertz CT molecular complexity index is 568. The highest BCUT2D eigenvalue weighted by atomic mass is 35.5. The number of sulfonamides is 1. The van der Waals surface area contributed by atoms with Crippen LogP contribution in [-0.4, -0.2) is 15.0 Å². The van der Waals surface area contributed by atoms with Crippen LogP contribution in [0.25, 0.3) is 0 Å². The Kier molecular flexibility index (Phi) is 4.81. The third-order valence-corrected chi connectivity index (χ3v) is 4.17. The van der Waals surface area contributed by atoms with Crippen molar-refractivity contribution in [2.45, 2.75) is 32.1 Å². The van der Waals surface area contributed by atoms with Gasteiger partial charge in [0.1, 0.15) is 4.90 Å². The Hall–Kier alpha value is -0.850. The summed E-state index contributed by atoms with van der Waals surface area (Å²) in [5, 5.41) is 0.0788. The summed E-state index contributed by atoms with van der Waals surface area (Å²) in [6.45, 7) is 6.18. The fourth-order valence-corrected chi connectivity index (χ4v) is 2.87. The van der Waals surface area contributed by atoms with Crippen molar-refractivity contribution < 1.29 is 12.8 Å². The molecule has 0 atom stereocenters. The second-order valence-corrected chi connectivity index (χ2v) is 7.69. The van der Waals surface area contributed by atoms with Gasteiger partial charge in [-0.05, 0) is 24.0 Å². The van der Waals surface area contributed by atoms with Gasteiger partial charge in [-0.2, -0.15) is 0 Å². The van der Waals surface area contributed by atoms with Crippen LogP contribution in [0.1, 0.15) is 27.2 Å². The molecule has 0 aliphatic carbocycles. The molecule has 0 aliphatic heterocycles. The minimum Gasteiger partial charge on any atom is -0.396 e. The molecule has 0 saturated heterocycles. The maximum Gasteiger partial charge on any atom is 0.243 e. The van der Waals surface area contributed by atoms with Crippen molar-refractivity contribution in [3.05, 3.63) is 23.0 Å². The van der Waals surface area contributed by atoms with Crippen molar-refractivity contribution in [3.63, 3.8) is 0 Å². The number of rotatable bonds is 4.